The predicted octanol–water partition coefficient (Wildman–Crippen LogP) is 2.75. The van der Waals surface area contributed by atoms with E-state index in [-0.39, 0.29) is 6.54 Å². The Bertz CT molecular complexity index is 493. The molecule has 3 nitrogen and oxygen atoms in total. The number of aromatic nitrogens is 1. The van der Waals surface area contributed by atoms with Gasteiger partial charge < -0.3 is 4.98 Å². The summed E-state index contributed by atoms with van der Waals surface area (Å²) in [6.07, 6.45) is -2.53. The van der Waals surface area contributed by atoms with Crippen LogP contribution in [-0.2, 0) is 11.4 Å². The number of fused-ring (bicyclic) bond motifs is 1. The van der Waals surface area contributed by atoms with Crippen LogP contribution in [0.3, 0.4) is 0 Å². The molecule has 0 spiro atoms. The van der Waals surface area contributed by atoms with Gasteiger partial charge in [0.15, 0.2) is 6.61 Å². The normalized spacial score (nSPS) is 12.2. The van der Waals surface area contributed by atoms with Gasteiger partial charge in [-0.25, -0.2) is 0 Å². The van der Waals surface area contributed by atoms with Crippen molar-refractivity contribution in [3.05, 3.63) is 36.0 Å². The molecule has 92 valence electrons. The Kier molecular flexibility index (Phi) is 3.35. The van der Waals surface area contributed by atoms with Gasteiger partial charge in [0.2, 0.25) is 0 Å². The van der Waals surface area contributed by atoms with E-state index in [2.05, 4.69) is 15.3 Å². The Labute approximate surface area is 95.5 Å². The molecule has 6 heteroatoms. The fraction of sp³-hybridized carbons (Fsp3) is 0.273. The van der Waals surface area contributed by atoms with E-state index in [1.807, 2.05) is 24.3 Å². The van der Waals surface area contributed by atoms with E-state index in [4.69, 9.17) is 0 Å². The Morgan fingerprint density at radius 1 is 1.24 bits per heavy atom. The van der Waals surface area contributed by atoms with Crippen molar-refractivity contribution >= 4 is 10.9 Å². The SMILES string of the molecule is FC(F)(F)CONCc1cccc2cc[nH]c12. The number of benzene rings is 1. The number of para-hydroxylation sites is 1. The number of hydroxylamine groups is 1. The molecule has 0 saturated heterocycles. The summed E-state index contributed by atoms with van der Waals surface area (Å²) in [5, 5.41) is 1.01. The van der Waals surface area contributed by atoms with Crippen molar-refractivity contribution < 1.29 is 18.0 Å². The number of halogens is 3. The highest BCUT2D eigenvalue weighted by molar-refractivity contribution is 5.82. The van der Waals surface area contributed by atoms with Gasteiger partial charge in [-0.1, -0.05) is 18.2 Å². The molecule has 17 heavy (non-hydrogen) atoms. The molecule has 0 atom stereocenters. The van der Waals surface area contributed by atoms with Gasteiger partial charge in [0.25, 0.3) is 0 Å². The van der Waals surface area contributed by atoms with Gasteiger partial charge in [-0.3, -0.25) is 4.84 Å². The average Bonchev–Trinajstić information content (AvgIpc) is 2.71. The standard InChI is InChI=1S/C11H11F3N2O/c12-11(13,14)7-17-16-6-9-3-1-2-8-4-5-15-10(8)9/h1-5,15-16H,6-7H2. The van der Waals surface area contributed by atoms with Gasteiger partial charge >= 0.3 is 6.18 Å². The summed E-state index contributed by atoms with van der Waals surface area (Å²) < 4.78 is 35.4. The van der Waals surface area contributed by atoms with Crippen LogP contribution in [0.15, 0.2) is 30.5 Å². The zero-order valence-electron chi connectivity index (χ0n) is 8.84. The Hall–Kier alpha value is -1.53. The van der Waals surface area contributed by atoms with Crippen molar-refractivity contribution in [3.8, 4) is 0 Å². The van der Waals surface area contributed by atoms with Crippen molar-refractivity contribution in [2.45, 2.75) is 12.7 Å². The van der Waals surface area contributed by atoms with Gasteiger partial charge in [0, 0.05) is 18.3 Å². The summed E-state index contributed by atoms with van der Waals surface area (Å²) in [4.78, 5) is 7.37. The molecule has 0 aliphatic heterocycles. The molecule has 0 unspecified atom stereocenters. The third-order valence-corrected chi connectivity index (χ3v) is 2.27. The van der Waals surface area contributed by atoms with E-state index >= 15 is 0 Å². The number of alkyl halides is 3. The second-order valence-corrected chi connectivity index (χ2v) is 3.58. The molecule has 0 bridgehead atoms. The van der Waals surface area contributed by atoms with Crippen molar-refractivity contribution in [3.63, 3.8) is 0 Å². The minimum Gasteiger partial charge on any atom is -0.361 e. The molecule has 0 amide bonds. The minimum absolute atomic E-state index is 0.216. The van der Waals surface area contributed by atoms with E-state index in [0.29, 0.717) is 0 Å². The maximum Gasteiger partial charge on any atom is 0.413 e. The molecule has 0 radical (unpaired) electrons. The van der Waals surface area contributed by atoms with Crippen molar-refractivity contribution in [1.82, 2.24) is 10.5 Å². The Morgan fingerprint density at radius 3 is 2.82 bits per heavy atom. The highest BCUT2D eigenvalue weighted by Crippen LogP contribution is 2.17. The molecule has 0 saturated carbocycles. The predicted molar refractivity (Wildman–Crippen MR) is 57.1 cm³/mol. The highest BCUT2D eigenvalue weighted by atomic mass is 19.4. The van der Waals surface area contributed by atoms with Crippen LogP contribution >= 0.6 is 0 Å². The van der Waals surface area contributed by atoms with Crippen LogP contribution < -0.4 is 5.48 Å². The number of hydrogen-bond acceptors (Lipinski definition) is 2. The first-order chi connectivity index (χ1) is 8.06. The smallest absolute Gasteiger partial charge is 0.361 e. The zero-order chi connectivity index (χ0) is 12.3. The number of aromatic amines is 1. The van der Waals surface area contributed by atoms with Gasteiger partial charge in [-0.15, -0.1) is 0 Å². The fourth-order valence-corrected chi connectivity index (χ4v) is 1.56. The number of rotatable bonds is 4. The lowest BCUT2D eigenvalue weighted by atomic mass is 10.1. The lowest BCUT2D eigenvalue weighted by Crippen LogP contribution is -2.24. The van der Waals surface area contributed by atoms with Crippen LogP contribution in [0.25, 0.3) is 10.9 Å². The van der Waals surface area contributed by atoms with Crippen LogP contribution in [0, 0.1) is 0 Å². The maximum atomic E-state index is 11.8. The molecular weight excluding hydrogens is 233 g/mol. The van der Waals surface area contributed by atoms with E-state index in [0.717, 1.165) is 16.5 Å². The van der Waals surface area contributed by atoms with Crippen LogP contribution in [0.4, 0.5) is 13.2 Å². The third-order valence-electron chi connectivity index (χ3n) is 2.27. The molecule has 2 aromatic rings. The van der Waals surface area contributed by atoms with Crippen LogP contribution in [-0.4, -0.2) is 17.8 Å². The molecule has 1 aromatic heterocycles. The van der Waals surface area contributed by atoms with Gasteiger partial charge in [0.1, 0.15) is 0 Å². The number of H-pyrrole nitrogens is 1. The molecule has 2 rings (SSSR count). The number of hydrogen-bond donors (Lipinski definition) is 2. The quantitative estimate of drug-likeness (QED) is 0.641. The Balaban J connectivity index is 1.93. The van der Waals surface area contributed by atoms with E-state index < -0.39 is 12.8 Å². The largest absolute Gasteiger partial charge is 0.413 e. The summed E-state index contributed by atoms with van der Waals surface area (Å²) in [5.74, 6) is 0. The van der Waals surface area contributed by atoms with Crippen molar-refractivity contribution in [2.75, 3.05) is 6.61 Å². The first-order valence-corrected chi connectivity index (χ1v) is 5.03. The molecule has 2 N–H and O–H groups in total. The number of nitrogens with one attached hydrogen (secondary N) is 2. The van der Waals surface area contributed by atoms with Gasteiger partial charge in [0.05, 0.1) is 0 Å². The minimum atomic E-state index is -4.31. The van der Waals surface area contributed by atoms with Crippen molar-refractivity contribution in [2.24, 2.45) is 0 Å². The second kappa shape index (κ2) is 4.77. The molecule has 0 aliphatic rings. The monoisotopic (exact) mass is 244 g/mol. The maximum absolute atomic E-state index is 11.8. The summed E-state index contributed by atoms with van der Waals surface area (Å²) in [7, 11) is 0. The molecule has 0 fully saturated rings. The van der Waals surface area contributed by atoms with Crippen LogP contribution in [0.1, 0.15) is 5.56 Å². The average molecular weight is 244 g/mol. The molecule has 1 heterocycles. The lowest BCUT2D eigenvalue weighted by molar-refractivity contribution is -0.190. The molecule has 1 aromatic carbocycles. The zero-order valence-corrected chi connectivity index (χ0v) is 8.84. The van der Waals surface area contributed by atoms with E-state index in [1.54, 1.807) is 6.20 Å². The van der Waals surface area contributed by atoms with Crippen LogP contribution in [0.2, 0.25) is 0 Å². The summed E-state index contributed by atoms with van der Waals surface area (Å²) >= 11 is 0. The van der Waals surface area contributed by atoms with Gasteiger partial charge in [-0.05, 0) is 17.0 Å². The summed E-state index contributed by atoms with van der Waals surface area (Å²) in [6, 6.07) is 7.49. The van der Waals surface area contributed by atoms with Crippen LogP contribution in [0.5, 0.6) is 0 Å². The fourth-order valence-electron chi connectivity index (χ4n) is 1.56. The first kappa shape index (κ1) is 11.9. The third kappa shape index (κ3) is 3.21. The topological polar surface area (TPSA) is 37.0 Å². The van der Waals surface area contributed by atoms with Crippen molar-refractivity contribution in [1.29, 1.82) is 0 Å². The second-order valence-electron chi connectivity index (χ2n) is 3.58. The van der Waals surface area contributed by atoms with E-state index in [1.165, 1.54) is 0 Å². The summed E-state index contributed by atoms with van der Waals surface area (Å²) in [6.45, 7) is -1.08. The summed E-state index contributed by atoms with van der Waals surface area (Å²) in [5.41, 5.74) is 4.06. The van der Waals surface area contributed by atoms with E-state index in [9.17, 15) is 13.2 Å². The highest BCUT2D eigenvalue weighted by Gasteiger charge is 2.27. The van der Waals surface area contributed by atoms with Gasteiger partial charge in [-0.2, -0.15) is 18.7 Å². The Morgan fingerprint density at radius 2 is 2.06 bits per heavy atom. The molecular formula is C11H11F3N2O. The molecule has 0 aliphatic carbocycles. The first-order valence-electron chi connectivity index (χ1n) is 5.03. The lowest BCUT2D eigenvalue weighted by Gasteiger charge is -2.09.